The number of fused-ring (bicyclic) bond motifs is 1. The van der Waals surface area contributed by atoms with E-state index in [0.29, 0.717) is 10.6 Å². The molecule has 0 atom stereocenters. The van der Waals surface area contributed by atoms with Gasteiger partial charge in [0.15, 0.2) is 12.4 Å². The lowest BCUT2D eigenvalue weighted by atomic mass is 10.1. The maximum absolute atomic E-state index is 12.0. The quantitative estimate of drug-likeness (QED) is 0.637. The summed E-state index contributed by atoms with van der Waals surface area (Å²) in [5, 5.41) is 3.57. The molecule has 2 aromatic heterocycles. The first kappa shape index (κ1) is 12.4. The Hall–Kier alpha value is -1.62. The van der Waals surface area contributed by atoms with Crippen LogP contribution in [0.3, 0.4) is 0 Å². The highest BCUT2D eigenvalue weighted by Gasteiger charge is 2.17. The first-order valence-corrected chi connectivity index (χ1v) is 7.33. The monoisotopic (exact) mass is 277 g/mol. The van der Waals surface area contributed by atoms with Crippen LogP contribution in [0, 0.1) is 0 Å². The van der Waals surface area contributed by atoms with Crippen molar-refractivity contribution < 1.29 is 14.1 Å². The second kappa shape index (κ2) is 5.57. The minimum atomic E-state index is -0.269. The number of carbonyl (C=O) groups is 1. The lowest BCUT2D eigenvalue weighted by molar-refractivity contribution is 0.0443. The fourth-order valence-electron chi connectivity index (χ4n) is 2.29. The topological polar surface area (TPSA) is 52.3 Å². The summed E-state index contributed by atoms with van der Waals surface area (Å²) in [6, 6.07) is 3.69. The number of carbonyl (C=O) groups excluding carboxylic acids is 1. The summed E-state index contributed by atoms with van der Waals surface area (Å²) < 4.78 is 10.1. The van der Waals surface area contributed by atoms with Crippen LogP contribution in [0.15, 0.2) is 22.9 Å². The zero-order valence-electron chi connectivity index (χ0n) is 10.6. The molecule has 2 heterocycles. The van der Waals surface area contributed by atoms with E-state index in [0.717, 1.165) is 12.8 Å². The molecule has 5 heteroatoms. The van der Waals surface area contributed by atoms with Gasteiger partial charge in [-0.25, -0.2) is 4.79 Å². The molecule has 0 aliphatic heterocycles. The number of thiophene rings is 1. The number of nitrogens with zero attached hydrogens (tertiary/aromatic N) is 1. The molecule has 0 saturated heterocycles. The van der Waals surface area contributed by atoms with Gasteiger partial charge in [-0.3, -0.25) is 0 Å². The van der Waals surface area contributed by atoms with Crippen molar-refractivity contribution in [2.45, 2.75) is 38.7 Å². The molecule has 1 aliphatic carbocycles. The third-order valence-electron chi connectivity index (χ3n) is 3.28. The Kier molecular flexibility index (Phi) is 3.64. The van der Waals surface area contributed by atoms with Gasteiger partial charge in [-0.2, -0.15) is 0 Å². The number of ether oxygens (including phenoxy) is 1. The maximum Gasteiger partial charge on any atom is 0.348 e. The molecule has 0 unspecified atom stereocenters. The molecule has 0 N–H and O–H groups in total. The van der Waals surface area contributed by atoms with Crippen molar-refractivity contribution in [3.63, 3.8) is 0 Å². The molecule has 100 valence electrons. The van der Waals surface area contributed by atoms with Gasteiger partial charge in [0.2, 0.25) is 0 Å². The molecule has 0 spiro atoms. The second-order valence-corrected chi connectivity index (χ2v) is 5.81. The van der Waals surface area contributed by atoms with Crippen molar-refractivity contribution in [1.29, 1.82) is 0 Å². The lowest BCUT2D eigenvalue weighted by Gasteiger charge is -1.99. The molecule has 1 aliphatic rings. The van der Waals surface area contributed by atoms with Crippen LogP contribution >= 0.6 is 11.3 Å². The normalized spacial score (nSPS) is 14.7. The summed E-state index contributed by atoms with van der Waals surface area (Å²) in [5.41, 5.74) is 1.33. The Balaban J connectivity index is 1.66. The van der Waals surface area contributed by atoms with Crippen LogP contribution in [0.2, 0.25) is 0 Å². The number of rotatable bonds is 3. The number of aryl methyl sites for hydroxylation is 2. The summed E-state index contributed by atoms with van der Waals surface area (Å²) in [4.78, 5) is 14.0. The van der Waals surface area contributed by atoms with Gasteiger partial charge >= 0.3 is 5.97 Å². The standard InChI is InChI=1S/C14H15NO3S/c16-14(17-9-11-6-7-15-18-11)13-8-10-4-2-1-3-5-12(10)19-13/h6-8H,1-5,9H2. The van der Waals surface area contributed by atoms with E-state index in [1.165, 1.54) is 35.9 Å². The average Bonchev–Trinajstić information content (AvgIpc) is 3.02. The third-order valence-corrected chi connectivity index (χ3v) is 4.50. The van der Waals surface area contributed by atoms with E-state index in [2.05, 4.69) is 5.16 Å². The summed E-state index contributed by atoms with van der Waals surface area (Å²) in [7, 11) is 0. The molecule has 4 nitrogen and oxygen atoms in total. The maximum atomic E-state index is 12.0. The average molecular weight is 277 g/mol. The van der Waals surface area contributed by atoms with Crippen molar-refractivity contribution in [2.24, 2.45) is 0 Å². The van der Waals surface area contributed by atoms with Gasteiger partial charge in [-0.15, -0.1) is 11.3 Å². The largest absolute Gasteiger partial charge is 0.453 e. The highest BCUT2D eigenvalue weighted by atomic mass is 32.1. The van der Waals surface area contributed by atoms with Crippen molar-refractivity contribution in [3.05, 3.63) is 39.4 Å². The number of hydrogen-bond acceptors (Lipinski definition) is 5. The molecule has 3 rings (SSSR count). The van der Waals surface area contributed by atoms with Crippen molar-refractivity contribution >= 4 is 17.3 Å². The second-order valence-electron chi connectivity index (χ2n) is 4.67. The molecule has 0 amide bonds. The van der Waals surface area contributed by atoms with E-state index >= 15 is 0 Å². The molecule has 0 radical (unpaired) electrons. The number of hydrogen-bond donors (Lipinski definition) is 0. The van der Waals surface area contributed by atoms with Crippen LogP contribution in [-0.2, 0) is 24.2 Å². The molecular formula is C14H15NO3S. The Morgan fingerprint density at radius 1 is 1.37 bits per heavy atom. The van der Waals surface area contributed by atoms with Crippen LogP contribution in [0.1, 0.15) is 45.1 Å². The predicted molar refractivity (Wildman–Crippen MR) is 71.2 cm³/mol. The fraction of sp³-hybridized carbons (Fsp3) is 0.429. The van der Waals surface area contributed by atoms with E-state index in [1.807, 2.05) is 6.07 Å². The number of esters is 1. The molecule has 0 bridgehead atoms. The smallest absolute Gasteiger partial charge is 0.348 e. The van der Waals surface area contributed by atoms with E-state index in [4.69, 9.17) is 9.26 Å². The van der Waals surface area contributed by atoms with Crippen LogP contribution in [0.25, 0.3) is 0 Å². The van der Waals surface area contributed by atoms with E-state index in [9.17, 15) is 4.79 Å². The Morgan fingerprint density at radius 2 is 2.26 bits per heavy atom. The van der Waals surface area contributed by atoms with E-state index in [-0.39, 0.29) is 12.6 Å². The Morgan fingerprint density at radius 3 is 3.11 bits per heavy atom. The minimum Gasteiger partial charge on any atom is -0.453 e. The fourth-order valence-corrected chi connectivity index (χ4v) is 3.44. The van der Waals surface area contributed by atoms with Crippen LogP contribution in [-0.4, -0.2) is 11.1 Å². The summed E-state index contributed by atoms with van der Waals surface area (Å²) >= 11 is 1.57. The van der Waals surface area contributed by atoms with Crippen molar-refractivity contribution in [3.8, 4) is 0 Å². The van der Waals surface area contributed by atoms with Crippen molar-refractivity contribution in [2.75, 3.05) is 0 Å². The molecule has 0 saturated carbocycles. The van der Waals surface area contributed by atoms with Gasteiger partial charge in [-0.05, 0) is 37.3 Å². The van der Waals surface area contributed by atoms with Crippen LogP contribution < -0.4 is 0 Å². The Bertz CT molecular complexity index is 536. The first-order valence-electron chi connectivity index (χ1n) is 6.51. The van der Waals surface area contributed by atoms with Gasteiger partial charge in [-0.1, -0.05) is 11.6 Å². The van der Waals surface area contributed by atoms with Gasteiger partial charge in [0.25, 0.3) is 0 Å². The van der Waals surface area contributed by atoms with Crippen molar-refractivity contribution in [1.82, 2.24) is 5.16 Å². The SMILES string of the molecule is O=C(OCc1ccno1)c1cc2c(s1)CCCCC2. The zero-order valence-corrected chi connectivity index (χ0v) is 11.4. The molecule has 2 aromatic rings. The van der Waals surface area contributed by atoms with E-state index < -0.39 is 0 Å². The summed E-state index contributed by atoms with van der Waals surface area (Å²) in [6.07, 6.45) is 7.44. The van der Waals surface area contributed by atoms with Gasteiger partial charge in [0.05, 0.1) is 6.20 Å². The summed E-state index contributed by atoms with van der Waals surface area (Å²) in [5.74, 6) is 0.293. The van der Waals surface area contributed by atoms with Crippen LogP contribution in [0.4, 0.5) is 0 Å². The third kappa shape index (κ3) is 2.87. The highest BCUT2D eigenvalue weighted by Crippen LogP contribution is 2.29. The first-order chi connectivity index (χ1) is 9.33. The van der Waals surface area contributed by atoms with E-state index in [1.54, 1.807) is 17.4 Å². The van der Waals surface area contributed by atoms with Crippen LogP contribution in [0.5, 0.6) is 0 Å². The highest BCUT2D eigenvalue weighted by molar-refractivity contribution is 7.14. The molecule has 0 aromatic carbocycles. The molecule has 19 heavy (non-hydrogen) atoms. The van der Waals surface area contributed by atoms with Gasteiger partial charge in [0, 0.05) is 10.9 Å². The molecule has 0 fully saturated rings. The lowest BCUT2D eigenvalue weighted by Crippen LogP contribution is -2.02. The van der Waals surface area contributed by atoms with Gasteiger partial charge < -0.3 is 9.26 Å². The minimum absolute atomic E-state index is 0.140. The number of aromatic nitrogens is 1. The zero-order chi connectivity index (χ0) is 13.1. The summed E-state index contributed by atoms with van der Waals surface area (Å²) in [6.45, 7) is 0.140. The molecular weight excluding hydrogens is 262 g/mol. The van der Waals surface area contributed by atoms with Gasteiger partial charge in [0.1, 0.15) is 4.88 Å². The Labute approximate surface area is 115 Å². The predicted octanol–water partition coefficient (Wildman–Crippen LogP) is 3.36.